The van der Waals surface area contributed by atoms with Crippen molar-refractivity contribution in [2.75, 3.05) is 20.3 Å². The van der Waals surface area contributed by atoms with Crippen molar-refractivity contribution in [2.45, 2.75) is 5.92 Å². The fourth-order valence-electron chi connectivity index (χ4n) is 3.84. The van der Waals surface area contributed by atoms with Gasteiger partial charge in [-0.05, 0) is 40.5 Å². The van der Waals surface area contributed by atoms with Gasteiger partial charge in [-0.1, -0.05) is 60.4 Å². The smallest absolute Gasteiger partial charge is 0.407 e. The second kappa shape index (κ2) is 9.27. The van der Waals surface area contributed by atoms with E-state index < -0.39 is 12.1 Å². The molecule has 0 atom stereocenters. The van der Waals surface area contributed by atoms with Crippen molar-refractivity contribution < 1.29 is 24.2 Å². The molecule has 0 aromatic heterocycles. The quantitative estimate of drug-likeness (QED) is 0.594. The molecule has 0 saturated heterocycles. The maximum Gasteiger partial charge on any atom is 0.407 e. The molecular weight excluding hydrogens is 406 g/mol. The lowest BCUT2D eigenvalue weighted by Crippen LogP contribution is -2.26. The van der Waals surface area contributed by atoms with Gasteiger partial charge in [0, 0.05) is 11.5 Å². The predicted molar refractivity (Wildman–Crippen MR) is 120 cm³/mol. The van der Waals surface area contributed by atoms with Gasteiger partial charge in [0.2, 0.25) is 0 Å². The Kier molecular flexibility index (Phi) is 6.09. The van der Waals surface area contributed by atoms with Crippen LogP contribution in [0.1, 0.15) is 33.0 Å². The first-order valence-corrected chi connectivity index (χ1v) is 10.1. The zero-order valence-corrected chi connectivity index (χ0v) is 17.4. The van der Waals surface area contributed by atoms with Crippen molar-refractivity contribution in [3.8, 4) is 28.7 Å². The van der Waals surface area contributed by atoms with E-state index in [2.05, 4.69) is 41.4 Å². The number of hydrogen-bond acceptors (Lipinski definition) is 4. The molecule has 2 N–H and O–H groups in total. The third-order valence-electron chi connectivity index (χ3n) is 5.34. The predicted octanol–water partition coefficient (Wildman–Crippen LogP) is 4.28. The first-order chi connectivity index (χ1) is 15.6. The van der Waals surface area contributed by atoms with Crippen LogP contribution in [0.25, 0.3) is 11.1 Å². The number of fused-ring (bicyclic) bond motifs is 3. The second-order valence-corrected chi connectivity index (χ2v) is 7.20. The maximum absolute atomic E-state index is 12.2. The van der Waals surface area contributed by atoms with Crippen molar-refractivity contribution in [3.05, 3.63) is 89.0 Å². The number of rotatable bonds is 5. The lowest BCUT2D eigenvalue weighted by molar-refractivity contribution is 0.0696. The van der Waals surface area contributed by atoms with E-state index in [4.69, 9.17) is 9.47 Å². The Bertz CT molecular complexity index is 1190. The number of ether oxygens (including phenoxy) is 2. The van der Waals surface area contributed by atoms with E-state index in [-0.39, 0.29) is 24.6 Å². The monoisotopic (exact) mass is 427 g/mol. The van der Waals surface area contributed by atoms with E-state index in [1.807, 2.05) is 24.3 Å². The minimum absolute atomic E-state index is 0.0170. The van der Waals surface area contributed by atoms with Crippen LogP contribution in [0, 0.1) is 11.8 Å². The molecule has 1 amide bonds. The zero-order chi connectivity index (χ0) is 22.5. The first kappa shape index (κ1) is 21.0. The third-order valence-corrected chi connectivity index (χ3v) is 5.34. The van der Waals surface area contributed by atoms with E-state index in [9.17, 15) is 14.7 Å². The largest absolute Gasteiger partial charge is 0.497 e. The van der Waals surface area contributed by atoms with Crippen LogP contribution in [0.3, 0.4) is 0 Å². The molecule has 0 spiro atoms. The topological polar surface area (TPSA) is 84.9 Å². The summed E-state index contributed by atoms with van der Waals surface area (Å²) in [7, 11) is 1.46. The number of carbonyl (C=O) groups is 2. The highest BCUT2D eigenvalue weighted by molar-refractivity contribution is 5.91. The van der Waals surface area contributed by atoms with Gasteiger partial charge in [-0.2, -0.15) is 0 Å². The lowest BCUT2D eigenvalue weighted by atomic mass is 9.98. The number of alkyl carbamates (subject to hydrolysis) is 1. The Morgan fingerprint density at radius 2 is 1.66 bits per heavy atom. The average molecular weight is 427 g/mol. The molecule has 4 rings (SSSR count). The Labute approximate surface area is 185 Å². The molecule has 160 valence electrons. The highest BCUT2D eigenvalue weighted by Gasteiger charge is 2.28. The average Bonchev–Trinajstić information content (AvgIpc) is 3.14. The fourth-order valence-corrected chi connectivity index (χ4v) is 3.84. The summed E-state index contributed by atoms with van der Waals surface area (Å²) >= 11 is 0. The zero-order valence-electron chi connectivity index (χ0n) is 17.4. The van der Waals surface area contributed by atoms with Gasteiger partial charge < -0.3 is 19.9 Å². The van der Waals surface area contributed by atoms with Gasteiger partial charge in [0.1, 0.15) is 12.4 Å². The maximum atomic E-state index is 12.2. The molecule has 1 aliphatic rings. The Morgan fingerprint density at radius 3 is 2.28 bits per heavy atom. The summed E-state index contributed by atoms with van der Waals surface area (Å²) in [6.07, 6.45) is -0.575. The highest BCUT2D eigenvalue weighted by Crippen LogP contribution is 2.44. The summed E-state index contributed by atoms with van der Waals surface area (Å²) in [6, 6.07) is 20.9. The minimum atomic E-state index is -1.10. The van der Waals surface area contributed by atoms with Crippen molar-refractivity contribution in [2.24, 2.45) is 0 Å². The van der Waals surface area contributed by atoms with Gasteiger partial charge in [0.25, 0.3) is 0 Å². The van der Waals surface area contributed by atoms with Crippen molar-refractivity contribution in [1.29, 1.82) is 0 Å². The Balaban J connectivity index is 1.36. The summed E-state index contributed by atoms with van der Waals surface area (Å²) < 4.78 is 10.5. The number of aromatic carboxylic acids is 1. The molecule has 3 aromatic carbocycles. The summed E-state index contributed by atoms with van der Waals surface area (Å²) in [5.41, 5.74) is 4.99. The van der Waals surface area contributed by atoms with Crippen LogP contribution >= 0.6 is 0 Å². The lowest BCUT2D eigenvalue weighted by Gasteiger charge is -2.14. The van der Waals surface area contributed by atoms with E-state index in [0.717, 1.165) is 22.3 Å². The van der Waals surface area contributed by atoms with Gasteiger partial charge in [0.05, 0.1) is 19.2 Å². The van der Waals surface area contributed by atoms with E-state index in [1.54, 1.807) is 12.1 Å². The van der Waals surface area contributed by atoms with E-state index in [0.29, 0.717) is 11.3 Å². The molecule has 0 unspecified atom stereocenters. The van der Waals surface area contributed by atoms with Crippen LogP contribution in [0.5, 0.6) is 5.75 Å². The normalized spacial score (nSPS) is 11.5. The molecule has 3 aromatic rings. The van der Waals surface area contributed by atoms with Gasteiger partial charge in [-0.25, -0.2) is 9.59 Å². The molecule has 6 nitrogen and oxygen atoms in total. The number of methoxy groups -OCH3 is 1. The van der Waals surface area contributed by atoms with Crippen molar-refractivity contribution >= 4 is 12.1 Å². The number of benzene rings is 3. The van der Waals surface area contributed by atoms with Crippen LogP contribution in [0.15, 0.2) is 66.7 Å². The first-order valence-electron chi connectivity index (χ1n) is 10.1. The molecule has 6 heteroatoms. The van der Waals surface area contributed by atoms with Crippen molar-refractivity contribution in [3.63, 3.8) is 0 Å². The van der Waals surface area contributed by atoms with Crippen LogP contribution in [-0.2, 0) is 4.74 Å². The minimum Gasteiger partial charge on any atom is -0.497 e. The number of carbonyl (C=O) groups excluding carboxylic acids is 1. The standard InChI is InChI=1S/C26H21NO5/c1-31-18-13-12-17(23(15-18)25(28)29)7-6-14-27-26(30)32-16-24-21-10-4-2-8-19(21)20-9-3-5-11-22(20)24/h2-5,8-13,15,24H,14,16H2,1H3,(H,27,30)(H,28,29). The molecule has 32 heavy (non-hydrogen) atoms. The summed E-state index contributed by atoms with van der Waals surface area (Å²) in [5, 5.41) is 11.9. The SMILES string of the molecule is COc1ccc(C#CCNC(=O)OCC2c3ccccc3-c3ccccc32)c(C(=O)O)c1. The fraction of sp³-hybridized carbons (Fsp3) is 0.154. The van der Waals surface area contributed by atoms with Crippen LogP contribution < -0.4 is 10.1 Å². The molecule has 0 radical (unpaired) electrons. The molecule has 1 aliphatic carbocycles. The molecule has 0 aliphatic heterocycles. The number of hydrogen-bond donors (Lipinski definition) is 2. The third kappa shape index (κ3) is 4.28. The second-order valence-electron chi connectivity index (χ2n) is 7.20. The Hall–Kier alpha value is -4.24. The Morgan fingerprint density at radius 1 is 1.00 bits per heavy atom. The number of amides is 1. The van der Waals surface area contributed by atoms with Gasteiger partial charge in [-0.15, -0.1) is 0 Å². The molecular formula is C26H21NO5. The summed E-state index contributed by atoms with van der Waals surface area (Å²) in [6.45, 7) is 0.247. The van der Waals surface area contributed by atoms with Crippen molar-refractivity contribution in [1.82, 2.24) is 5.32 Å². The van der Waals surface area contributed by atoms with Crippen LogP contribution in [-0.4, -0.2) is 37.4 Å². The van der Waals surface area contributed by atoms with Gasteiger partial charge in [-0.3, -0.25) is 0 Å². The molecule has 0 heterocycles. The van der Waals surface area contributed by atoms with Crippen LogP contribution in [0.4, 0.5) is 4.79 Å². The number of nitrogens with one attached hydrogen (secondary N) is 1. The summed E-state index contributed by atoms with van der Waals surface area (Å²) in [5.74, 6) is 4.84. The van der Waals surface area contributed by atoms with Gasteiger partial charge >= 0.3 is 12.1 Å². The highest BCUT2D eigenvalue weighted by atomic mass is 16.5. The number of carboxylic acid groups (broad SMARTS) is 1. The summed E-state index contributed by atoms with van der Waals surface area (Å²) in [4.78, 5) is 23.6. The van der Waals surface area contributed by atoms with E-state index >= 15 is 0 Å². The van der Waals surface area contributed by atoms with E-state index in [1.165, 1.54) is 13.2 Å². The van der Waals surface area contributed by atoms with Gasteiger partial charge in [0.15, 0.2) is 0 Å². The molecule has 0 fully saturated rings. The van der Waals surface area contributed by atoms with Crippen LogP contribution in [0.2, 0.25) is 0 Å². The number of carboxylic acids is 1. The molecule has 0 saturated carbocycles. The molecule has 0 bridgehead atoms.